The summed E-state index contributed by atoms with van der Waals surface area (Å²) < 4.78 is 12.2. The van der Waals surface area contributed by atoms with Gasteiger partial charge in [0.25, 0.3) is 5.91 Å². The van der Waals surface area contributed by atoms with Gasteiger partial charge in [-0.25, -0.2) is 4.98 Å². The van der Waals surface area contributed by atoms with Crippen LogP contribution in [0.2, 0.25) is 0 Å². The summed E-state index contributed by atoms with van der Waals surface area (Å²) >= 11 is 1.52. The Balaban J connectivity index is 1.85. The lowest BCUT2D eigenvalue weighted by atomic mass is 10.2. The molecule has 1 amide bonds. The fraction of sp³-hybridized carbons (Fsp3) is 0.364. The summed E-state index contributed by atoms with van der Waals surface area (Å²) in [6, 6.07) is 13.3. The van der Waals surface area contributed by atoms with Crippen LogP contribution >= 0.6 is 11.3 Å². The van der Waals surface area contributed by atoms with Gasteiger partial charge < -0.3 is 14.4 Å². The number of rotatable bonds is 9. The van der Waals surface area contributed by atoms with Crippen LogP contribution in [0.3, 0.4) is 0 Å². The Hall–Kier alpha value is -2.64. The lowest BCUT2D eigenvalue weighted by Gasteiger charge is -2.20. The maximum absolute atomic E-state index is 13.0. The molecule has 0 unspecified atom stereocenters. The number of ether oxygens (including phenoxy) is 2. The summed E-state index contributed by atoms with van der Waals surface area (Å²) in [7, 11) is 5.85. The van der Waals surface area contributed by atoms with Crippen molar-refractivity contribution < 1.29 is 19.2 Å². The quantitative estimate of drug-likeness (QED) is 0.585. The highest BCUT2D eigenvalue weighted by atomic mass is 32.1. The molecule has 0 spiro atoms. The Bertz CT molecular complexity index is 957. The van der Waals surface area contributed by atoms with Crippen LogP contribution < -0.4 is 19.3 Å². The standard InChI is InChI=1S/C22H27N3O3S/c1-16-11-12-18(27-4)20-21(16)29-22(23-20)25(14-8-13-24(2)3)19(26)15-28-17-9-6-5-7-10-17/h5-7,9-12H,8,13-15H2,1-4H3/p+1. The minimum Gasteiger partial charge on any atom is -0.494 e. The molecule has 1 aromatic heterocycles. The second kappa shape index (κ2) is 9.71. The molecule has 7 heteroatoms. The first-order valence-corrected chi connectivity index (χ1v) is 10.5. The van der Waals surface area contributed by atoms with Crippen LogP contribution in [0.5, 0.6) is 11.5 Å². The van der Waals surface area contributed by atoms with Crippen molar-refractivity contribution in [2.45, 2.75) is 13.3 Å². The number of para-hydroxylation sites is 1. The van der Waals surface area contributed by atoms with Crippen LogP contribution in [0.25, 0.3) is 10.2 Å². The first kappa shape index (κ1) is 21.1. The molecule has 0 radical (unpaired) electrons. The molecule has 0 aliphatic rings. The molecule has 0 aliphatic heterocycles. The third-order valence-corrected chi connectivity index (χ3v) is 5.82. The average molecular weight is 415 g/mol. The summed E-state index contributed by atoms with van der Waals surface area (Å²) in [5.41, 5.74) is 1.92. The molecule has 154 valence electrons. The van der Waals surface area contributed by atoms with Gasteiger partial charge in [-0.15, -0.1) is 0 Å². The molecule has 6 nitrogen and oxygen atoms in total. The molecule has 3 rings (SSSR count). The molecule has 0 atom stereocenters. The Kier molecular flexibility index (Phi) is 7.06. The van der Waals surface area contributed by atoms with Gasteiger partial charge in [0.1, 0.15) is 17.0 Å². The van der Waals surface area contributed by atoms with E-state index in [0.717, 1.165) is 34.5 Å². The van der Waals surface area contributed by atoms with E-state index in [0.29, 0.717) is 17.4 Å². The van der Waals surface area contributed by atoms with E-state index in [9.17, 15) is 4.79 Å². The highest BCUT2D eigenvalue weighted by Gasteiger charge is 2.22. The second-order valence-electron chi connectivity index (χ2n) is 7.22. The first-order valence-electron chi connectivity index (χ1n) is 9.71. The number of hydrogen-bond acceptors (Lipinski definition) is 5. The van der Waals surface area contributed by atoms with Gasteiger partial charge in [0.15, 0.2) is 11.7 Å². The van der Waals surface area contributed by atoms with E-state index < -0.39 is 0 Å². The van der Waals surface area contributed by atoms with Crippen LogP contribution in [0.15, 0.2) is 42.5 Å². The van der Waals surface area contributed by atoms with Crippen LogP contribution in [0, 0.1) is 6.92 Å². The number of aromatic nitrogens is 1. The molecular formula is C22H28N3O3S+. The molecule has 0 saturated carbocycles. The highest BCUT2D eigenvalue weighted by molar-refractivity contribution is 7.22. The molecule has 1 heterocycles. The number of amides is 1. The smallest absolute Gasteiger partial charge is 0.266 e. The number of thiazole rings is 1. The van der Waals surface area contributed by atoms with E-state index in [4.69, 9.17) is 14.5 Å². The normalized spacial score (nSPS) is 11.1. The van der Waals surface area contributed by atoms with E-state index in [1.54, 1.807) is 12.0 Å². The lowest BCUT2D eigenvalue weighted by Crippen LogP contribution is -3.05. The van der Waals surface area contributed by atoms with E-state index in [-0.39, 0.29) is 12.5 Å². The molecule has 0 aliphatic carbocycles. The van der Waals surface area contributed by atoms with Crippen molar-refractivity contribution in [3.63, 3.8) is 0 Å². The summed E-state index contributed by atoms with van der Waals surface area (Å²) in [5, 5.41) is 0.683. The van der Waals surface area contributed by atoms with Gasteiger partial charge in [0.05, 0.1) is 32.4 Å². The Labute approximate surface area is 175 Å². The number of anilines is 1. The van der Waals surface area contributed by atoms with Crippen molar-refractivity contribution in [1.82, 2.24) is 4.98 Å². The van der Waals surface area contributed by atoms with Gasteiger partial charge in [-0.05, 0) is 30.7 Å². The summed E-state index contributed by atoms with van der Waals surface area (Å²) in [4.78, 5) is 20.9. The number of aryl methyl sites for hydroxylation is 1. The van der Waals surface area contributed by atoms with Gasteiger partial charge in [0, 0.05) is 13.0 Å². The molecule has 29 heavy (non-hydrogen) atoms. The van der Waals surface area contributed by atoms with E-state index in [1.807, 2.05) is 49.4 Å². The fourth-order valence-corrected chi connectivity index (χ4v) is 4.13. The van der Waals surface area contributed by atoms with Gasteiger partial charge in [-0.2, -0.15) is 0 Å². The number of nitrogens with zero attached hydrogens (tertiary/aromatic N) is 2. The third kappa shape index (κ3) is 5.25. The van der Waals surface area contributed by atoms with Crippen molar-refractivity contribution in [3.05, 3.63) is 48.0 Å². The number of carbonyl (C=O) groups excluding carboxylic acids is 1. The van der Waals surface area contributed by atoms with Crippen molar-refractivity contribution in [2.75, 3.05) is 45.8 Å². The number of quaternary nitrogens is 1. The van der Waals surface area contributed by atoms with Crippen LogP contribution in [-0.2, 0) is 4.79 Å². The minimum atomic E-state index is -0.0988. The van der Waals surface area contributed by atoms with Crippen LogP contribution in [0.4, 0.5) is 5.13 Å². The Morgan fingerprint density at radius 1 is 1.17 bits per heavy atom. The topological polar surface area (TPSA) is 56.1 Å². The highest BCUT2D eigenvalue weighted by Crippen LogP contribution is 2.36. The van der Waals surface area contributed by atoms with Crippen LogP contribution in [-0.4, -0.2) is 51.8 Å². The number of fused-ring (bicyclic) bond motifs is 1. The largest absolute Gasteiger partial charge is 0.494 e. The van der Waals surface area contributed by atoms with Crippen molar-refractivity contribution in [2.24, 2.45) is 0 Å². The molecule has 2 aromatic carbocycles. The maximum atomic E-state index is 13.0. The zero-order valence-corrected chi connectivity index (χ0v) is 18.2. The van der Waals surface area contributed by atoms with Crippen LogP contribution in [0.1, 0.15) is 12.0 Å². The number of carbonyl (C=O) groups is 1. The number of nitrogens with one attached hydrogen (secondary N) is 1. The predicted octanol–water partition coefficient (Wildman–Crippen LogP) is 2.56. The zero-order chi connectivity index (χ0) is 20.8. The van der Waals surface area contributed by atoms with Gasteiger partial charge in [0.2, 0.25) is 0 Å². The predicted molar refractivity (Wildman–Crippen MR) is 117 cm³/mol. The molecular weight excluding hydrogens is 386 g/mol. The summed E-state index contributed by atoms with van der Waals surface area (Å²) in [6.07, 6.45) is 0.880. The van der Waals surface area contributed by atoms with Crippen molar-refractivity contribution in [1.29, 1.82) is 0 Å². The molecule has 1 N–H and O–H groups in total. The average Bonchev–Trinajstić information content (AvgIpc) is 3.16. The SMILES string of the molecule is COc1ccc(C)c2sc(N(CCC[NH+](C)C)C(=O)COc3ccccc3)nc12. The molecule has 0 bridgehead atoms. The number of benzene rings is 2. The minimum absolute atomic E-state index is 0.0229. The van der Waals surface area contributed by atoms with Gasteiger partial charge in [-0.1, -0.05) is 35.6 Å². The monoisotopic (exact) mass is 414 g/mol. The van der Waals surface area contributed by atoms with E-state index in [2.05, 4.69) is 14.1 Å². The Morgan fingerprint density at radius 2 is 1.93 bits per heavy atom. The summed E-state index contributed by atoms with van der Waals surface area (Å²) in [6.45, 7) is 3.59. The first-order chi connectivity index (χ1) is 14.0. The maximum Gasteiger partial charge on any atom is 0.266 e. The Morgan fingerprint density at radius 3 is 2.62 bits per heavy atom. The van der Waals surface area contributed by atoms with Crippen molar-refractivity contribution >= 4 is 32.6 Å². The number of methoxy groups -OCH3 is 1. The number of hydrogen-bond donors (Lipinski definition) is 1. The molecule has 0 fully saturated rings. The molecule has 3 aromatic rings. The lowest BCUT2D eigenvalue weighted by molar-refractivity contribution is -0.858. The van der Waals surface area contributed by atoms with Gasteiger partial charge >= 0.3 is 0 Å². The second-order valence-corrected chi connectivity index (χ2v) is 8.19. The third-order valence-electron chi connectivity index (χ3n) is 4.61. The van der Waals surface area contributed by atoms with Gasteiger partial charge in [-0.3, -0.25) is 9.69 Å². The fourth-order valence-electron chi connectivity index (χ4n) is 3.04. The van der Waals surface area contributed by atoms with Crippen molar-refractivity contribution in [3.8, 4) is 11.5 Å². The molecule has 0 saturated heterocycles. The van der Waals surface area contributed by atoms with E-state index >= 15 is 0 Å². The zero-order valence-electron chi connectivity index (χ0n) is 17.4. The van der Waals surface area contributed by atoms with E-state index in [1.165, 1.54) is 16.2 Å². The summed E-state index contributed by atoms with van der Waals surface area (Å²) in [5.74, 6) is 1.30.